The molecule has 0 saturated heterocycles. The first-order valence-corrected chi connectivity index (χ1v) is 7.51. The Hall–Kier alpha value is -1.83. The molecule has 0 fully saturated rings. The highest BCUT2D eigenvalue weighted by molar-refractivity contribution is 6.08. The molecule has 0 N–H and O–H groups in total. The van der Waals surface area contributed by atoms with Crippen LogP contribution in [0.5, 0.6) is 0 Å². The molecule has 20 heavy (non-hydrogen) atoms. The highest BCUT2D eigenvalue weighted by Crippen LogP contribution is 2.37. The van der Waals surface area contributed by atoms with Crippen LogP contribution in [0.3, 0.4) is 0 Å². The normalized spacial score (nSPS) is 18.8. The standard InChI is InChI=1S/C18H21NO/c1-3-13(2)15-11-12-19-16(15)9-10-17(19)18(20)14-7-5-4-6-8-14/h4-10,13,15H,3,11-12H2,1-2H3. The average Bonchev–Trinajstić information content (AvgIpc) is 3.08. The zero-order valence-corrected chi connectivity index (χ0v) is 12.2. The highest BCUT2D eigenvalue weighted by Gasteiger charge is 2.29. The second-order valence-corrected chi connectivity index (χ2v) is 5.77. The maximum absolute atomic E-state index is 12.6. The van der Waals surface area contributed by atoms with Gasteiger partial charge in [-0.3, -0.25) is 4.79 Å². The molecule has 0 radical (unpaired) electrons. The van der Waals surface area contributed by atoms with Gasteiger partial charge in [-0.1, -0.05) is 50.6 Å². The molecule has 2 heteroatoms. The lowest BCUT2D eigenvalue weighted by Crippen LogP contribution is -2.09. The number of fused-ring (bicyclic) bond motifs is 1. The third-order valence-corrected chi connectivity index (χ3v) is 4.66. The van der Waals surface area contributed by atoms with Crippen molar-refractivity contribution >= 4 is 5.78 Å². The molecule has 2 nitrogen and oxygen atoms in total. The van der Waals surface area contributed by atoms with Gasteiger partial charge in [0.15, 0.2) is 0 Å². The van der Waals surface area contributed by atoms with Gasteiger partial charge in [-0.05, 0) is 24.5 Å². The van der Waals surface area contributed by atoms with Crippen LogP contribution in [0.15, 0.2) is 42.5 Å². The maximum atomic E-state index is 12.6. The molecule has 1 aliphatic rings. The lowest BCUT2D eigenvalue weighted by Gasteiger charge is -2.16. The highest BCUT2D eigenvalue weighted by atomic mass is 16.1. The van der Waals surface area contributed by atoms with Gasteiger partial charge in [0.1, 0.15) is 0 Å². The smallest absolute Gasteiger partial charge is 0.209 e. The SMILES string of the molecule is CCC(C)C1CCn2c(C(=O)c3ccccc3)ccc21. The molecular weight excluding hydrogens is 246 g/mol. The van der Waals surface area contributed by atoms with Crippen LogP contribution in [-0.2, 0) is 6.54 Å². The fourth-order valence-electron chi connectivity index (χ4n) is 3.27. The van der Waals surface area contributed by atoms with Gasteiger partial charge in [0.2, 0.25) is 5.78 Å². The number of aromatic nitrogens is 1. The molecule has 2 atom stereocenters. The van der Waals surface area contributed by atoms with Crippen molar-refractivity contribution in [1.82, 2.24) is 4.57 Å². The van der Waals surface area contributed by atoms with Crippen LogP contribution in [0, 0.1) is 5.92 Å². The minimum atomic E-state index is 0.140. The molecule has 0 bridgehead atoms. The molecule has 0 spiro atoms. The van der Waals surface area contributed by atoms with Gasteiger partial charge in [-0.2, -0.15) is 0 Å². The van der Waals surface area contributed by atoms with Crippen LogP contribution in [-0.4, -0.2) is 10.4 Å². The third kappa shape index (κ3) is 2.09. The van der Waals surface area contributed by atoms with Crippen molar-refractivity contribution in [1.29, 1.82) is 0 Å². The van der Waals surface area contributed by atoms with Crippen LogP contribution in [0.4, 0.5) is 0 Å². The summed E-state index contributed by atoms with van der Waals surface area (Å²) in [5.41, 5.74) is 2.97. The van der Waals surface area contributed by atoms with Crippen LogP contribution < -0.4 is 0 Å². The molecular formula is C18H21NO. The fourth-order valence-corrected chi connectivity index (χ4v) is 3.27. The molecule has 1 aromatic carbocycles. The summed E-state index contributed by atoms with van der Waals surface area (Å²) in [4.78, 5) is 12.6. The monoisotopic (exact) mass is 267 g/mol. The first kappa shape index (κ1) is 13.2. The van der Waals surface area contributed by atoms with Crippen LogP contribution in [0.2, 0.25) is 0 Å². The number of nitrogens with zero attached hydrogens (tertiary/aromatic N) is 1. The summed E-state index contributed by atoms with van der Waals surface area (Å²) < 4.78 is 2.23. The molecule has 0 aliphatic carbocycles. The van der Waals surface area contributed by atoms with Crippen molar-refractivity contribution in [3.8, 4) is 0 Å². The van der Waals surface area contributed by atoms with Crippen molar-refractivity contribution in [3.05, 3.63) is 59.4 Å². The number of carbonyl (C=O) groups is 1. The Bertz CT molecular complexity index is 612. The Morgan fingerprint density at radius 2 is 2.00 bits per heavy atom. The van der Waals surface area contributed by atoms with Gasteiger partial charge >= 0.3 is 0 Å². The van der Waals surface area contributed by atoms with Crippen molar-refractivity contribution in [2.24, 2.45) is 5.92 Å². The van der Waals surface area contributed by atoms with Crippen LogP contribution in [0.25, 0.3) is 0 Å². The second-order valence-electron chi connectivity index (χ2n) is 5.77. The second kappa shape index (κ2) is 5.28. The molecule has 3 rings (SSSR count). The van der Waals surface area contributed by atoms with Crippen molar-refractivity contribution in [3.63, 3.8) is 0 Å². The van der Waals surface area contributed by atoms with E-state index in [4.69, 9.17) is 0 Å². The number of ketones is 1. The Kier molecular flexibility index (Phi) is 3.47. The number of hydrogen-bond acceptors (Lipinski definition) is 1. The average molecular weight is 267 g/mol. The zero-order chi connectivity index (χ0) is 14.1. The minimum absolute atomic E-state index is 0.140. The van der Waals surface area contributed by atoms with E-state index in [1.54, 1.807) is 0 Å². The summed E-state index contributed by atoms with van der Waals surface area (Å²) in [5, 5.41) is 0. The summed E-state index contributed by atoms with van der Waals surface area (Å²) in [5.74, 6) is 1.44. The zero-order valence-electron chi connectivity index (χ0n) is 12.2. The van der Waals surface area contributed by atoms with Crippen molar-refractivity contribution < 1.29 is 4.79 Å². The van der Waals surface area contributed by atoms with E-state index in [0.29, 0.717) is 11.8 Å². The predicted molar refractivity (Wildman–Crippen MR) is 81.1 cm³/mol. The van der Waals surface area contributed by atoms with Crippen molar-refractivity contribution in [2.45, 2.75) is 39.2 Å². The molecule has 1 aromatic heterocycles. The van der Waals surface area contributed by atoms with Gasteiger partial charge in [0.25, 0.3) is 0 Å². The van der Waals surface area contributed by atoms with Gasteiger partial charge in [-0.25, -0.2) is 0 Å². The first-order valence-electron chi connectivity index (χ1n) is 7.51. The Morgan fingerprint density at radius 3 is 2.70 bits per heavy atom. The van der Waals surface area contributed by atoms with Crippen LogP contribution >= 0.6 is 0 Å². The van der Waals surface area contributed by atoms with E-state index in [2.05, 4.69) is 24.5 Å². The maximum Gasteiger partial charge on any atom is 0.209 e. The molecule has 2 heterocycles. The van der Waals surface area contributed by atoms with Crippen LogP contribution in [0.1, 0.15) is 54.4 Å². The molecule has 0 amide bonds. The summed E-state index contributed by atoms with van der Waals surface area (Å²) in [6.45, 7) is 5.53. The largest absolute Gasteiger partial charge is 0.342 e. The van der Waals surface area contributed by atoms with E-state index in [1.807, 2.05) is 36.4 Å². The molecule has 2 unspecified atom stereocenters. The third-order valence-electron chi connectivity index (χ3n) is 4.66. The number of carbonyl (C=O) groups excluding carboxylic acids is 1. The van der Waals surface area contributed by atoms with Gasteiger partial charge in [-0.15, -0.1) is 0 Å². The Labute approximate surface area is 120 Å². The number of hydrogen-bond donors (Lipinski definition) is 0. The number of rotatable bonds is 4. The molecule has 0 saturated carbocycles. The van der Waals surface area contributed by atoms with E-state index in [0.717, 1.165) is 17.8 Å². The van der Waals surface area contributed by atoms with Gasteiger partial charge < -0.3 is 4.57 Å². The summed E-state index contributed by atoms with van der Waals surface area (Å²) in [6, 6.07) is 13.7. The lowest BCUT2D eigenvalue weighted by atomic mass is 9.88. The predicted octanol–water partition coefficient (Wildman–Crippen LogP) is 4.25. The Balaban J connectivity index is 1.93. The minimum Gasteiger partial charge on any atom is -0.342 e. The van der Waals surface area contributed by atoms with E-state index in [-0.39, 0.29) is 5.78 Å². The van der Waals surface area contributed by atoms with E-state index >= 15 is 0 Å². The van der Waals surface area contributed by atoms with E-state index < -0.39 is 0 Å². The topological polar surface area (TPSA) is 22.0 Å². The van der Waals surface area contributed by atoms with E-state index in [1.165, 1.54) is 18.5 Å². The summed E-state index contributed by atoms with van der Waals surface area (Å²) in [6.07, 6.45) is 2.36. The lowest BCUT2D eigenvalue weighted by molar-refractivity contribution is 0.103. The fraction of sp³-hybridized carbons (Fsp3) is 0.389. The molecule has 104 valence electrons. The van der Waals surface area contributed by atoms with Gasteiger partial charge in [0.05, 0.1) is 5.69 Å². The van der Waals surface area contributed by atoms with E-state index in [9.17, 15) is 4.79 Å². The first-order chi connectivity index (χ1) is 9.72. The summed E-state index contributed by atoms with van der Waals surface area (Å²) in [7, 11) is 0. The number of benzene rings is 1. The summed E-state index contributed by atoms with van der Waals surface area (Å²) >= 11 is 0. The molecule has 2 aromatic rings. The molecule has 1 aliphatic heterocycles. The Morgan fingerprint density at radius 1 is 1.25 bits per heavy atom. The quantitative estimate of drug-likeness (QED) is 0.759. The van der Waals surface area contributed by atoms with Gasteiger partial charge in [0, 0.05) is 23.7 Å². The van der Waals surface area contributed by atoms with Crippen molar-refractivity contribution in [2.75, 3.05) is 0 Å².